The normalized spacial score (nSPS) is 11.3. The lowest BCUT2D eigenvalue weighted by molar-refractivity contribution is -0.140. The minimum Gasteiger partial charge on any atom is -0.496 e. The highest BCUT2D eigenvalue weighted by molar-refractivity contribution is 5.93. The zero-order valence-electron chi connectivity index (χ0n) is 11.1. The van der Waals surface area contributed by atoms with Gasteiger partial charge in [-0.3, -0.25) is 0 Å². The molecule has 0 aliphatic rings. The predicted molar refractivity (Wildman–Crippen MR) is 66.9 cm³/mol. The van der Waals surface area contributed by atoms with Crippen LogP contribution in [-0.2, 0) is 10.9 Å². The molecule has 0 amide bonds. The van der Waals surface area contributed by atoms with Crippen LogP contribution in [0.15, 0.2) is 24.4 Å². The minimum atomic E-state index is -4.50. The quantitative estimate of drug-likeness (QED) is 0.885. The molecule has 0 bridgehead atoms. The number of benzene rings is 1. The number of imidazole rings is 1. The van der Waals surface area contributed by atoms with E-state index in [0.717, 1.165) is 0 Å². The third-order valence-corrected chi connectivity index (χ3v) is 2.76. The Morgan fingerprint density at radius 3 is 2.52 bits per heavy atom. The van der Waals surface area contributed by atoms with E-state index in [0.29, 0.717) is 11.8 Å². The number of carbonyl (C=O) groups is 1. The number of halogens is 3. The Bertz CT molecular complexity index is 665. The average Bonchev–Trinajstić information content (AvgIpc) is 2.95. The monoisotopic (exact) mass is 300 g/mol. The lowest BCUT2D eigenvalue weighted by Crippen LogP contribution is -2.05. The Kier molecular flexibility index (Phi) is 3.88. The highest BCUT2D eigenvalue weighted by atomic mass is 19.4. The Labute approximate surface area is 117 Å². The number of aromatic nitrogens is 2. The first kappa shape index (κ1) is 14.9. The van der Waals surface area contributed by atoms with Crippen molar-refractivity contribution in [2.75, 3.05) is 14.2 Å². The number of carbonyl (C=O) groups excluding carboxylic acids is 1. The average molecular weight is 300 g/mol. The van der Waals surface area contributed by atoms with Crippen molar-refractivity contribution in [2.24, 2.45) is 0 Å². The number of nitrogens with one attached hydrogen (secondary N) is 1. The van der Waals surface area contributed by atoms with E-state index in [2.05, 4.69) is 14.7 Å². The molecule has 0 unspecified atom stereocenters. The maximum atomic E-state index is 12.5. The third kappa shape index (κ3) is 2.99. The van der Waals surface area contributed by atoms with Gasteiger partial charge in [0.15, 0.2) is 0 Å². The number of hydrogen-bond donors (Lipinski definition) is 1. The summed E-state index contributed by atoms with van der Waals surface area (Å²) < 4.78 is 47.2. The van der Waals surface area contributed by atoms with Crippen LogP contribution in [-0.4, -0.2) is 30.2 Å². The summed E-state index contributed by atoms with van der Waals surface area (Å²) in [6, 6.07) is 4.26. The van der Waals surface area contributed by atoms with Gasteiger partial charge in [0, 0.05) is 5.56 Å². The maximum Gasteiger partial charge on any atom is 0.432 e. The SMILES string of the molecule is COC(=O)c1ccc(-c2ncc(C(F)(F)F)[nH]2)cc1OC. The van der Waals surface area contributed by atoms with Gasteiger partial charge in [-0.15, -0.1) is 0 Å². The molecule has 21 heavy (non-hydrogen) atoms. The number of hydrogen-bond acceptors (Lipinski definition) is 4. The molecule has 8 heteroatoms. The van der Waals surface area contributed by atoms with Crippen LogP contribution >= 0.6 is 0 Å². The number of H-pyrrole nitrogens is 1. The van der Waals surface area contributed by atoms with Gasteiger partial charge in [-0.2, -0.15) is 13.2 Å². The maximum absolute atomic E-state index is 12.5. The molecule has 0 fully saturated rings. The molecule has 1 N–H and O–H groups in total. The van der Waals surface area contributed by atoms with Gasteiger partial charge in [0.05, 0.1) is 20.4 Å². The summed E-state index contributed by atoms with van der Waals surface area (Å²) >= 11 is 0. The Balaban J connectivity index is 2.41. The molecule has 0 saturated carbocycles. The number of methoxy groups -OCH3 is 2. The summed E-state index contributed by atoms with van der Waals surface area (Å²) in [7, 11) is 2.56. The smallest absolute Gasteiger partial charge is 0.432 e. The fraction of sp³-hybridized carbons (Fsp3) is 0.231. The van der Waals surface area contributed by atoms with Crippen molar-refractivity contribution in [1.29, 1.82) is 0 Å². The highest BCUT2D eigenvalue weighted by Crippen LogP contribution is 2.31. The number of esters is 1. The van der Waals surface area contributed by atoms with Crippen LogP contribution in [0.5, 0.6) is 5.75 Å². The molecule has 0 radical (unpaired) electrons. The molecule has 0 spiro atoms. The van der Waals surface area contributed by atoms with Gasteiger partial charge in [0.2, 0.25) is 0 Å². The van der Waals surface area contributed by atoms with E-state index in [1.807, 2.05) is 0 Å². The fourth-order valence-corrected chi connectivity index (χ4v) is 1.73. The summed E-state index contributed by atoms with van der Waals surface area (Å²) in [6.45, 7) is 0. The van der Waals surface area contributed by atoms with E-state index in [1.165, 1.54) is 32.4 Å². The number of ether oxygens (including phenoxy) is 2. The molecule has 1 heterocycles. The first-order valence-corrected chi connectivity index (χ1v) is 5.75. The van der Waals surface area contributed by atoms with E-state index in [4.69, 9.17) is 4.74 Å². The standard InChI is InChI=1S/C13H11F3N2O3/c1-20-9-5-7(3-4-8(9)12(19)21-2)11-17-6-10(18-11)13(14,15)16/h3-6H,1-2H3,(H,17,18). The molecule has 2 rings (SSSR count). The summed E-state index contributed by atoms with van der Waals surface area (Å²) in [5, 5.41) is 0. The first-order valence-electron chi connectivity index (χ1n) is 5.75. The van der Waals surface area contributed by atoms with Crippen molar-refractivity contribution in [3.63, 3.8) is 0 Å². The van der Waals surface area contributed by atoms with Crippen molar-refractivity contribution < 1.29 is 27.4 Å². The number of aromatic amines is 1. The van der Waals surface area contributed by atoms with Gasteiger partial charge < -0.3 is 14.5 Å². The molecule has 0 aliphatic carbocycles. The van der Waals surface area contributed by atoms with Crippen molar-refractivity contribution in [3.05, 3.63) is 35.7 Å². The minimum absolute atomic E-state index is 0.0250. The van der Waals surface area contributed by atoms with Gasteiger partial charge >= 0.3 is 12.1 Å². The van der Waals surface area contributed by atoms with Crippen LogP contribution in [0.4, 0.5) is 13.2 Å². The van der Waals surface area contributed by atoms with E-state index in [9.17, 15) is 18.0 Å². The second-order valence-electron chi connectivity index (χ2n) is 4.05. The molecule has 1 aromatic heterocycles. The van der Waals surface area contributed by atoms with Crippen molar-refractivity contribution in [1.82, 2.24) is 9.97 Å². The molecular weight excluding hydrogens is 289 g/mol. The van der Waals surface area contributed by atoms with Gasteiger partial charge in [-0.05, 0) is 12.1 Å². The fourth-order valence-electron chi connectivity index (χ4n) is 1.73. The van der Waals surface area contributed by atoms with Crippen molar-refractivity contribution >= 4 is 5.97 Å². The molecule has 112 valence electrons. The second kappa shape index (κ2) is 5.47. The summed E-state index contributed by atoms with van der Waals surface area (Å²) in [5.41, 5.74) is -0.421. The molecule has 0 atom stereocenters. The van der Waals surface area contributed by atoms with E-state index < -0.39 is 17.8 Å². The Hall–Kier alpha value is -2.51. The summed E-state index contributed by atoms with van der Waals surface area (Å²) in [4.78, 5) is 17.4. The molecule has 1 aromatic carbocycles. The first-order chi connectivity index (χ1) is 9.86. The topological polar surface area (TPSA) is 64.2 Å². The van der Waals surface area contributed by atoms with Gasteiger partial charge in [0.25, 0.3) is 0 Å². The van der Waals surface area contributed by atoms with Crippen LogP contribution in [0.2, 0.25) is 0 Å². The summed E-state index contributed by atoms with van der Waals surface area (Å²) in [6.07, 6.45) is -3.79. The van der Waals surface area contributed by atoms with Crippen molar-refractivity contribution in [2.45, 2.75) is 6.18 Å². The molecule has 0 aliphatic heterocycles. The zero-order chi connectivity index (χ0) is 15.6. The highest BCUT2D eigenvalue weighted by Gasteiger charge is 2.33. The lowest BCUT2D eigenvalue weighted by Gasteiger charge is -2.08. The van der Waals surface area contributed by atoms with Crippen LogP contribution in [0.25, 0.3) is 11.4 Å². The lowest BCUT2D eigenvalue weighted by atomic mass is 10.1. The Morgan fingerprint density at radius 2 is 2.00 bits per heavy atom. The molecule has 2 aromatic rings. The third-order valence-electron chi connectivity index (χ3n) is 2.76. The largest absolute Gasteiger partial charge is 0.496 e. The van der Waals surface area contributed by atoms with Crippen LogP contribution in [0.1, 0.15) is 16.1 Å². The summed E-state index contributed by atoms with van der Waals surface area (Å²) in [5.74, 6) is -0.393. The Morgan fingerprint density at radius 1 is 1.29 bits per heavy atom. The van der Waals surface area contributed by atoms with Gasteiger partial charge in [-0.1, -0.05) is 6.07 Å². The zero-order valence-corrected chi connectivity index (χ0v) is 11.1. The van der Waals surface area contributed by atoms with Crippen molar-refractivity contribution in [3.8, 4) is 17.1 Å². The number of nitrogens with zero attached hydrogens (tertiary/aromatic N) is 1. The molecule has 0 saturated heterocycles. The van der Waals surface area contributed by atoms with Gasteiger partial charge in [0.1, 0.15) is 22.8 Å². The predicted octanol–water partition coefficient (Wildman–Crippen LogP) is 2.89. The van der Waals surface area contributed by atoms with E-state index in [1.54, 1.807) is 0 Å². The number of rotatable bonds is 3. The van der Waals surface area contributed by atoms with Crippen LogP contribution in [0, 0.1) is 0 Å². The van der Waals surface area contributed by atoms with Crippen LogP contribution in [0.3, 0.4) is 0 Å². The second-order valence-corrected chi connectivity index (χ2v) is 4.05. The molecule has 5 nitrogen and oxygen atoms in total. The van der Waals surface area contributed by atoms with E-state index >= 15 is 0 Å². The van der Waals surface area contributed by atoms with Gasteiger partial charge in [-0.25, -0.2) is 9.78 Å². The number of alkyl halides is 3. The molecular formula is C13H11F3N2O3. The van der Waals surface area contributed by atoms with E-state index in [-0.39, 0.29) is 17.1 Å². The van der Waals surface area contributed by atoms with Crippen LogP contribution < -0.4 is 4.74 Å².